The fourth-order valence-electron chi connectivity index (χ4n) is 3.27. The summed E-state index contributed by atoms with van der Waals surface area (Å²) < 4.78 is 5.34. The third-order valence-electron chi connectivity index (χ3n) is 5.04. The lowest BCUT2D eigenvalue weighted by atomic mass is 9.96. The molecule has 126 valence electrons. The summed E-state index contributed by atoms with van der Waals surface area (Å²) in [6.45, 7) is 5.58. The molecule has 7 nitrogen and oxygen atoms in total. The van der Waals surface area contributed by atoms with Gasteiger partial charge in [-0.1, -0.05) is 12.1 Å². The van der Waals surface area contributed by atoms with Crippen molar-refractivity contribution in [2.75, 3.05) is 13.1 Å². The van der Waals surface area contributed by atoms with Crippen LogP contribution in [0.1, 0.15) is 43.6 Å². The number of amides is 1. The monoisotopic (exact) mass is 327 g/mol. The van der Waals surface area contributed by atoms with Gasteiger partial charge in [-0.25, -0.2) is 4.98 Å². The normalized spacial score (nSPS) is 24.2. The first-order valence-corrected chi connectivity index (χ1v) is 8.53. The van der Waals surface area contributed by atoms with Crippen molar-refractivity contribution < 1.29 is 9.32 Å². The fourth-order valence-corrected chi connectivity index (χ4v) is 3.27. The first kappa shape index (κ1) is 15.2. The Bertz CT molecular complexity index is 734. The number of hydrogen-bond acceptors (Lipinski definition) is 6. The Balaban J connectivity index is 1.39. The molecule has 0 radical (unpaired) electrons. The van der Waals surface area contributed by atoms with Gasteiger partial charge in [0.1, 0.15) is 5.69 Å². The van der Waals surface area contributed by atoms with E-state index in [-0.39, 0.29) is 11.8 Å². The Morgan fingerprint density at radius 3 is 2.62 bits per heavy atom. The van der Waals surface area contributed by atoms with Crippen molar-refractivity contribution in [1.82, 2.24) is 25.0 Å². The molecule has 2 aromatic rings. The average molecular weight is 327 g/mol. The summed E-state index contributed by atoms with van der Waals surface area (Å²) in [5.41, 5.74) is 1.44. The maximum atomic E-state index is 12.3. The highest BCUT2D eigenvalue weighted by molar-refractivity contribution is 5.81. The van der Waals surface area contributed by atoms with E-state index >= 15 is 0 Å². The lowest BCUT2D eigenvalue weighted by Gasteiger charge is -2.30. The molecule has 24 heavy (non-hydrogen) atoms. The van der Waals surface area contributed by atoms with Crippen LogP contribution < -0.4 is 0 Å². The molecule has 1 saturated carbocycles. The minimum atomic E-state index is 0.238. The van der Waals surface area contributed by atoms with Gasteiger partial charge in [0.05, 0.1) is 11.9 Å². The largest absolute Gasteiger partial charge is 0.342 e. The Hall–Kier alpha value is -2.31. The van der Waals surface area contributed by atoms with E-state index in [0.29, 0.717) is 29.2 Å². The molecule has 0 bridgehead atoms. The molecule has 0 N–H and O–H groups in total. The van der Waals surface area contributed by atoms with Crippen LogP contribution in [0.2, 0.25) is 0 Å². The van der Waals surface area contributed by atoms with E-state index in [1.54, 1.807) is 12.4 Å². The summed E-state index contributed by atoms with van der Waals surface area (Å²) in [6.07, 6.45) is 6.13. The van der Waals surface area contributed by atoms with Gasteiger partial charge in [-0.3, -0.25) is 9.78 Å². The lowest BCUT2D eigenvalue weighted by molar-refractivity contribution is -0.133. The highest BCUT2D eigenvalue weighted by atomic mass is 16.5. The number of rotatable bonds is 3. The minimum Gasteiger partial charge on any atom is -0.342 e. The zero-order valence-electron chi connectivity index (χ0n) is 14.0. The number of carbonyl (C=O) groups is 1. The highest BCUT2D eigenvalue weighted by Crippen LogP contribution is 2.40. The predicted molar refractivity (Wildman–Crippen MR) is 85.9 cm³/mol. The van der Waals surface area contributed by atoms with Crippen molar-refractivity contribution in [3.8, 4) is 11.6 Å². The van der Waals surface area contributed by atoms with Gasteiger partial charge in [0.15, 0.2) is 5.82 Å². The van der Waals surface area contributed by atoms with Crippen molar-refractivity contribution in [1.29, 1.82) is 0 Å². The van der Waals surface area contributed by atoms with E-state index in [2.05, 4.69) is 27.0 Å². The Morgan fingerprint density at radius 1 is 1.25 bits per heavy atom. The smallest absolute Gasteiger partial charge is 0.278 e. The first-order chi connectivity index (χ1) is 11.6. The van der Waals surface area contributed by atoms with Gasteiger partial charge >= 0.3 is 0 Å². The van der Waals surface area contributed by atoms with Crippen LogP contribution in [0.3, 0.4) is 0 Å². The molecule has 0 spiro atoms. The number of carbonyl (C=O) groups excluding carboxylic acids is 1. The quantitative estimate of drug-likeness (QED) is 0.859. The van der Waals surface area contributed by atoms with Crippen LogP contribution in [0, 0.1) is 18.8 Å². The zero-order chi connectivity index (χ0) is 16.7. The van der Waals surface area contributed by atoms with Gasteiger partial charge in [-0.2, -0.15) is 4.98 Å². The molecule has 1 aliphatic carbocycles. The third-order valence-corrected chi connectivity index (χ3v) is 5.04. The second kappa shape index (κ2) is 5.96. The zero-order valence-corrected chi connectivity index (χ0v) is 14.0. The summed E-state index contributed by atoms with van der Waals surface area (Å²) in [5, 5.41) is 4.11. The van der Waals surface area contributed by atoms with Crippen molar-refractivity contribution in [2.45, 2.75) is 39.0 Å². The van der Waals surface area contributed by atoms with Gasteiger partial charge in [0, 0.05) is 31.1 Å². The summed E-state index contributed by atoms with van der Waals surface area (Å²) in [5.74, 6) is 2.50. The van der Waals surface area contributed by atoms with E-state index in [4.69, 9.17) is 4.52 Å². The van der Waals surface area contributed by atoms with E-state index in [1.807, 2.05) is 11.8 Å². The maximum absolute atomic E-state index is 12.3. The van der Waals surface area contributed by atoms with Gasteiger partial charge in [-0.15, -0.1) is 0 Å². The summed E-state index contributed by atoms with van der Waals surface area (Å²) in [6, 6.07) is 0. The number of piperidine rings is 1. The summed E-state index contributed by atoms with van der Waals surface area (Å²) in [4.78, 5) is 27.2. The molecule has 3 heterocycles. The van der Waals surface area contributed by atoms with E-state index < -0.39 is 0 Å². The topological polar surface area (TPSA) is 85.0 Å². The van der Waals surface area contributed by atoms with E-state index in [0.717, 1.165) is 38.0 Å². The van der Waals surface area contributed by atoms with Gasteiger partial charge in [0.2, 0.25) is 5.91 Å². The maximum Gasteiger partial charge on any atom is 0.278 e. The first-order valence-electron chi connectivity index (χ1n) is 8.53. The second-order valence-electron chi connectivity index (χ2n) is 6.92. The molecule has 1 saturated heterocycles. The molecule has 7 heteroatoms. The van der Waals surface area contributed by atoms with Gasteiger partial charge < -0.3 is 9.42 Å². The Labute approximate surface area is 140 Å². The van der Waals surface area contributed by atoms with Crippen LogP contribution in [-0.2, 0) is 4.79 Å². The van der Waals surface area contributed by atoms with E-state index in [1.165, 1.54) is 0 Å². The lowest BCUT2D eigenvalue weighted by Crippen LogP contribution is -2.39. The molecule has 1 amide bonds. The van der Waals surface area contributed by atoms with Crippen LogP contribution >= 0.6 is 0 Å². The van der Waals surface area contributed by atoms with Crippen molar-refractivity contribution in [3.05, 3.63) is 23.9 Å². The van der Waals surface area contributed by atoms with Crippen LogP contribution in [0.5, 0.6) is 0 Å². The van der Waals surface area contributed by atoms with Crippen LogP contribution in [0.25, 0.3) is 11.6 Å². The number of aromatic nitrogens is 4. The standard InChI is InChI=1S/C17H21N5O2/c1-10-7-13(10)17(23)22-5-3-12(4-6-22)15-20-16(24-21-15)14-9-18-11(2)8-19-14/h8-10,12-13H,3-7H2,1-2H3/t10-,13-/m1/s1. The van der Waals surface area contributed by atoms with Crippen molar-refractivity contribution in [3.63, 3.8) is 0 Å². The molecule has 2 aromatic heterocycles. The molecule has 0 aromatic carbocycles. The third kappa shape index (κ3) is 2.90. The molecule has 2 fully saturated rings. The number of likely N-dealkylation sites (tertiary alicyclic amines) is 1. The summed E-state index contributed by atoms with van der Waals surface area (Å²) >= 11 is 0. The van der Waals surface area contributed by atoms with Gasteiger partial charge in [-0.05, 0) is 32.1 Å². The van der Waals surface area contributed by atoms with Crippen LogP contribution in [0.4, 0.5) is 0 Å². The van der Waals surface area contributed by atoms with Gasteiger partial charge in [0.25, 0.3) is 5.89 Å². The van der Waals surface area contributed by atoms with Crippen LogP contribution in [-0.4, -0.2) is 44.0 Å². The fraction of sp³-hybridized carbons (Fsp3) is 0.588. The van der Waals surface area contributed by atoms with Crippen LogP contribution in [0.15, 0.2) is 16.9 Å². The summed E-state index contributed by atoms with van der Waals surface area (Å²) in [7, 11) is 0. The van der Waals surface area contributed by atoms with E-state index in [9.17, 15) is 4.79 Å². The molecule has 0 unspecified atom stereocenters. The molecule has 2 atom stereocenters. The number of hydrogen-bond donors (Lipinski definition) is 0. The number of nitrogens with zero attached hydrogens (tertiary/aromatic N) is 5. The van der Waals surface area contributed by atoms with Crippen molar-refractivity contribution >= 4 is 5.91 Å². The Kier molecular flexibility index (Phi) is 3.78. The molecular formula is C17H21N5O2. The molecular weight excluding hydrogens is 306 g/mol. The van der Waals surface area contributed by atoms with Crippen molar-refractivity contribution in [2.24, 2.45) is 11.8 Å². The number of aryl methyl sites for hydroxylation is 1. The average Bonchev–Trinajstić information content (AvgIpc) is 3.13. The molecule has 4 rings (SSSR count). The second-order valence-corrected chi connectivity index (χ2v) is 6.92. The molecule has 1 aliphatic heterocycles. The highest BCUT2D eigenvalue weighted by Gasteiger charge is 2.42. The molecule has 2 aliphatic rings. The Morgan fingerprint density at radius 2 is 2.00 bits per heavy atom. The predicted octanol–water partition coefficient (Wildman–Crippen LogP) is 2.20. The minimum absolute atomic E-state index is 0.238. The SMILES string of the molecule is Cc1cnc(-c2nc(C3CCN(C(=O)[C@@H]4C[C@H]4C)CC3)no2)cn1.